The molecule has 2 aromatic carbocycles. The molecule has 3 heterocycles. The van der Waals surface area contributed by atoms with Crippen LogP contribution in [0.15, 0.2) is 30.3 Å². The van der Waals surface area contributed by atoms with E-state index in [0.717, 1.165) is 31.5 Å². The van der Waals surface area contributed by atoms with Crippen LogP contribution in [0.25, 0.3) is 10.9 Å². The van der Waals surface area contributed by atoms with Gasteiger partial charge in [0.2, 0.25) is 0 Å². The number of ether oxygens (including phenoxy) is 1. The minimum atomic E-state index is -3.49. The fourth-order valence-corrected chi connectivity index (χ4v) is 5.65. The summed E-state index contributed by atoms with van der Waals surface area (Å²) in [6.07, 6.45) is 2.23. The number of alkyl halides is 2. The van der Waals surface area contributed by atoms with Crippen molar-refractivity contribution < 1.29 is 31.8 Å². The monoisotopic (exact) mass is 537 g/mol. The molecule has 3 aromatic rings. The molecule has 0 amide bonds. The summed E-state index contributed by atoms with van der Waals surface area (Å²) in [5.74, 6) is -5.77. The molecular weight excluding hydrogens is 505 g/mol. The van der Waals surface area contributed by atoms with Gasteiger partial charge in [-0.1, -0.05) is 13.3 Å². The number of aromatic nitrogens is 1. The van der Waals surface area contributed by atoms with E-state index in [1.165, 1.54) is 23.1 Å². The molecule has 0 saturated carbocycles. The first-order valence-electron chi connectivity index (χ1n) is 13.0. The first-order valence-corrected chi connectivity index (χ1v) is 13.0. The van der Waals surface area contributed by atoms with Crippen LogP contribution in [0, 0.1) is 17.5 Å². The molecule has 1 saturated heterocycles. The zero-order valence-corrected chi connectivity index (χ0v) is 21.4. The Morgan fingerprint density at radius 1 is 1.11 bits per heavy atom. The van der Waals surface area contributed by atoms with Gasteiger partial charge in [-0.2, -0.15) is 0 Å². The summed E-state index contributed by atoms with van der Waals surface area (Å²) in [4.78, 5) is 6.60. The number of hydrogen-bond acceptors (Lipinski definition) is 4. The smallest absolute Gasteiger partial charge is 0.283 e. The molecule has 2 aliphatic rings. The predicted octanol–water partition coefficient (Wildman–Crippen LogP) is 5.41. The van der Waals surface area contributed by atoms with E-state index in [1.807, 2.05) is 0 Å². The number of H-pyrrole nitrogens is 1. The average Bonchev–Trinajstić information content (AvgIpc) is 3.18. The van der Waals surface area contributed by atoms with Crippen molar-refractivity contribution in [3.05, 3.63) is 64.6 Å². The molecular formula is C28H32F5N3O2. The molecule has 1 fully saturated rings. The second kappa shape index (κ2) is 10.5. The molecule has 5 nitrogen and oxygen atoms in total. The zero-order chi connectivity index (χ0) is 27.2. The highest BCUT2D eigenvalue weighted by molar-refractivity contribution is 5.85. The Bertz CT molecular complexity index is 1280. The van der Waals surface area contributed by atoms with Gasteiger partial charge in [0.05, 0.1) is 12.6 Å². The van der Waals surface area contributed by atoms with Gasteiger partial charge in [-0.05, 0) is 50.1 Å². The Morgan fingerprint density at radius 3 is 2.47 bits per heavy atom. The van der Waals surface area contributed by atoms with Crippen LogP contribution in [0.4, 0.5) is 22.0 Å². The van der Waals surface area contributed by atoms with Crippen LogP contribution in [0.1, 0.15) is 49.6 Å². The van der Waals surface area contributed by atoms with Crippen molar-refractivity contribution >= 4 is 10.9 Å². The minimum absolute atomic E-state index is 0.0407. The van der Waals surface area contributed by atoms with Gasteiger partial charge in [-0.3, -0.25) is 9.80 Å². The number of hydrogen-bond donors (Lipinski definition) is 2. The van der Waals surface area contributed by atoms with Crippen molar-refractivity contribution in [3.63, 3.8) is 0 Å². The summed E-state index contributed by atoms with van der Waals surface area (Å²) in [6.45, 7) is 3.76. The summed E-state index contributed by atoms with van der Waals surface area (Å²) in [5, 5.41) is 9.78. The SMILES string of the molecule is CCCCN1CC(Oc2cc(F)c([C@@H]3c4[nH]c5ccc(F)cc5c4C[C@H](C)N3CC(F)(F)CO)c(F)c2)C1. The lowest BCUT2D eigenvalue weighted by Crippen LogP contribution is -2.53. The van der Waals surface area contributed by atoms with Crippen LogP contribution >= 0.6 is 0 Å². The van der Waals surface area contributed by atoms with Crippen molar-refractivity contribution in [2.75, 3.05) is 32.8 Å². The normalized spacial score (nSPS) is 21.1. The van der Waals surface area contributed by atoms with E-state index in [0.29, 0.717) is 35.2 Å². The van der Waals surface area contributed by atoms with E-state index in [2.05, 4.69) is 16.8 Å². The molecule has 2 N–H and O–H groups in total. The number of benzene rings is 2. The molecule has 0 radical (unpaired) electrons. The summed E-state index contributed by atoms with van der Waals surface area (Å²) in [6, 6.07) is 4.47. The molecule has 10 heteroatoms. The highest BCUT2D eigenvalue weighted by Crippen LogP contribution is 2.44. The van der Waals surface area contributed by atoms with Gasteiger partial charge >= 0.3 is 0 Å². The number of rotatable bonds is 9. The van der Waals surface area contributed by atoms with Gasteiger partial charge in [0.1, 0.15) is 35.9 Å². The Hall–Kier alpha value is -2.69. The summed E-state index contributed by atoms with van der Waals surface area (Å²) >= 11 is 0. The Balaban J connectivity index is 1.52. The summed E-state index contributed by atoms with van der Waals surface area (Å²) in [7, 11) is 0. The maximum atomic E-state index is 15.7. The third-order valence-corrected chi connectivity index (χ3v) is 7.60. The van der Waals surface area contributed by atoms with Crippen molar-refractivity contribution in [2.45, 2.75) is 57.2 Å². The Labute approximate surface area is 218 Å². The first kappa shape index (κ1) is 26.9. The van der Waals surface area contributed by atoms with E-state index in [1.54, 1.807) is 6.92 Å². The van der Waals surface area contributed by atoms with Gasteiger partial charge < -0.3 is 14.8 Å². The molecule has 206 valence electrons. The number of nitrogens with one attached hydrogen (secondary N) is 1. The molecule has 38 heavy (non-hydrogen) atoms. The topological polar surface area (TPSA) is 51.7 Å². The number of fused-ring (bicyclic) bond motifs is 3. The van der Waals surface area contributed by atoms with E-state index in [-0.39, 0.29) is 18.3 Å². The molecule has 0 spiro atoms. The summed E-state index contributed by atoms with van der Waals surface area (Å²) < 4.78 is 80.1. The molecule has 0 bridgehead atoms. The van der Waals surface area contributed by atoms with Gasteiger partial charge in [-0.15, -0.1) is 0 Å². The number of aliphatic hydroxyl groups excluding tert-OH is 1. The van der Waals surface area contributed by atoms with Crippen LogP contribution in [0.3, 0.4) is 0 Å². The number of unbranched alkanes of at least 4 members (excludes halogenated alkanes) is 1. The fourth-order valence-electron chi connectivity index (χ4n) is 5.65. The van der Waals surface area contributed by atoms with Gasteiger partial charge in [0.15, 0.2) is 0 Å². The first-order chi connectivity index (χ1) is 18.1. The van der Waals surface area contributed by atoms with Crippen LogP contribution in [0.5, 0.6) is 5.75 Å². The predicted molar refractivity (Wildman–Crippen MR) is 134 cm³/mol. The minimum Gasteiger partial charge on any atom is -0.488 e. The van der Waals surface area contributed by atoms with E-state index < -0.39 is 54.2 Å². The largest absolute Gasteiger partial charge is 0.488 e. The molecule has 2 aliphatic heterocycles. The lowest BCUT2D eigenvalue weighted by Gasteiger charge is -2.42. The molecule has 2 atom stereocenters. The number of nitrogens with zero attached hydrogens (tertiary/aromatic N) is 2. The second-order valence-electron chi connectivity index (χ2n) is 10.5. The van der Waals surface area contributed by atoms with E-state index in [4.69, 9.17) is 4.74 Å². The van der Waals surface area contributed by atoms with E-state index in [9.17, 15) is 18.3 Å². The standard InChI is InChI=1S/C28H32F5N3O2/c1-3-4-7-35-12-19(13-35)38-18-10-22(30)25(23(31)11-18)27-26-21(20-9-17(29)5-6-24(20)34-26)8-16(2)36(27)14-28(32,33)15-37/h5-6,9-11,16,19,27,34,37H,3-4,7-8,12-15H2,1-2H3/t16-,27+/m0/s1. The zero-order valence-electron chi connectivity index (χ0n) is 21.4. The molecule has 0 unspecified atom stereocenters. The third-order valence-electron chi connectivity index (χ3n) is 7.60. The van der Waals surface area contributed by atoms with Crippen molar-refractivity contribution in [1.82, 2.24) is 14.8 Å². The molecule has 5 rings (SSSR count). The highest BCUT2D eigenvalue weighted by atomic mass is 19.3. The molecule has 1 aromatic heterocycles. The summed E-state index contributed by atoms with van der Waals surface area (Å²) in [5.41, 5.74) is 1.10. The number of likely N-dealkylation sites (tertiary alicyclic amines) is 1. The van der Waals surface area contributed by atoms with E-state index >= 15 is 8.78 Å². The van der Waals surface area contributed by atoms with Gasteiger partial charge in [-0.25, -0.2) is 22.0 Å². The Morgan fingerprint density at radius 2 is 1.82 bits per heavy atom. The second-order valence-corrected chi connectivity index (χ2v) is 10.5. The highest BCUT2D eigenvalue weighted by Gasteiger charge is 2.43. The molecule has 0 aliphatic carbocycles. The fraction of sp³-hybridized carbons (Fsp3) is 0.500. The maximum absolute atomic E-state index is 15.7. The van der Waals surface area contributed by atoms with Crippen molar-refractivity contribution in [2.24, 2.45) is 0 Å². The lowest BCUT2D eigenvalue weighted by atomic mass is 9.87. The van der Waals surface area contributed by atoms with Crippen LogP contribution in [-0.2, 0) is 6.42 Å². The number of aromatic amines is 1. The van der Waals surface area contributed by atoms with Crippen LogP contribution < -0.4 is 4.74 Å². The van der Waals surface area contributed by atoms with Crippen LogP contribution in [0.2, 0.25) is 0 Å². The van der Waals surface area contributed by atoms with Crippen molar-refractivity contribution in [3.8, 4) is 5.75 Å². The van der Waals surface area contributed by atoms with Crippen molar-refractivity contribution in [1.29, 1.82) is 0 Å². The quantitative estimate of drug-likeness (QED) is 0.359. The Kier molecular flexibility index (Phi) is 7.41. The number of halogens is 5. The third kappa shape index (κ3) is 5.13. The lowest BCUT2D eigenvalue weighted by molar-refractivity contribution is -0.0869. The van der Waals surface area contributed by atoms with Gasteiger partial charge in [0.25, 0.3) is 5.92 Å². The number of aliphatic hydroxyl groups is 1. The maximum Gasteiger partial charge on any atom is 0.283 e. The average molecular weight is 538 g/mol. The van der Waals surface area contributed by atoms with Crippen LogP contribution in [-0.4, -0.2) is 70.7 Å². The van der Waals surface area contributed by atoms with Gasteiger partial charge in [0, 0.05) is 53.4 Å².